The molecule has 0 N–H and O–H groups in total. The van der Waals surface area contributed by atoms with Crippen LogP contribution in [0.1, 0.15) is 11.1 Å². The molecule has 2 aromatic carbocycles. The Morgan fingerprint density at radius 1 is 1.14 bits per heavy atom. The predicted molar refractivity (Wildman–Crippen MR) is 81.8 cm³/mol. The van der Waals surface area contributed by atoms with Crippen molar-refractivity contribution >= 4 is 23.0 Å². The molecule has 0 aromatic heterocycles. The summed E-state index contributed by atoms with van der Waals surface area (Å²) in [6.45, 7) is 0. The van der Waals surface area contributed by atoms with Gasteiger partial charge in [0.2, 0.25) is 0 Å². The molecule has 0 bridgehead atoms. The molecule has 3 rings (SSSR count). The number of nitriles is 1. The van der Waals surface area contributed by atoms with Crippen LogP contribution in [-0.4, -0.2) is 18.7 Å². The van der Waals surface area contributed by atoms with Gasteiger partial charge in [-0.3, -0.25) is 4.79 Å². The minimum Gasteiger partial charge on any atom is -0.309 e. The van der Waals surface area contributed by atoms with Crippen molar-refractivity contribution in [2.75, 3.05) is 11.9 Å². The highest BCUT2D eigenvalue weighted by atomic mass is 16.2. The number of rotatable bonds is 2. The molecule has 0 saturated carbocycles. The van der Waals surface area contributed by atoms with Crippen molar-refractivity contribution in [3.05, 3.63) is 59.7 Å². The summed E-state index contributed by atoms with van der Waals surface area (Å²) in [7, 11) is 1.75. The van der Waals surface area contributed by atoms with E-state index in [9.17, 15) is 4.79 Å². The number of carbonyl (C=O) groups is 1. The summed E-state index contributed by atoms with van der Waals surface area (Å²) in [5.41, 5.74) is 3.84. The molecular weight excluding hydrogens is 262 g/mol. The molecule has 0 radical (unpaired) electrons. The number of amides is 1. The standard InChI is InChI=1S/C17H13N3O/c1-20-15-5-3-2-4-14(15)16(17(20)21)19-13-8-6-12(7-9-13)10-11-18/h2-9H,10H2,1H3. The van der Waals surface area contributed by atoms with Gasteiger partial charge in [-0.05, 0) is 23.8 Å². The van der Waals surface area contributed by atoms with Crippen molar-refractivity contribution in [1.82, 2.24) is 0 Å². The first-order valence-corrected chi connectivity index (χ1v) is 6.63. The maximum Gasteiger partial charge on any atom is 0.277 e. The first-order chi connectivity index (χ1) is 10.2. The van der Waals surface area contributed by atoms with Gasteiger partial charge in [0.25, 0.3) is 5.91 Å². The van der Waals surface area contributed by atoms with E-state index in [4.69, 9.17) is 5.26 Å². The summed E-state index contributed by atoms with van der Waals surface area (Å²) in [6.07, 6.45) is 0.376. The molecule has 1 heterocycles. The maximum atomic E-state index is 12.3. The molecule has 0 spiro atoms. The normalized spacial score (nSPS) is 15.1. The third-order valence-corrected chi connectivity index (χ3v) is 3.49. The van der Waals surface area contributed by atoms with Crippen LogP contribution in [0.2, 0.25) is 0 Å². The van der Waals surface area contributed by atoms with Gasteiger partial charge in [-0.15, -0.1) is 0 Å². The average Bonchev–Trinajstić information content (AvgIpc) is 2.75. The molecule has 0 fully saturated rings. The van der Waals surface area contributed by atoms with Gasteiger partial charge in [0.05, 0.1) is 23.9 Å². The van der Waals surface area contributed by atoms with Crippen LogP contribution < -0.4 is 4.90 Å². The molecule has 0 aliphatic carbocycles. The van der Waals surface area contributed by atoms with E-state index < -0.39 is 0 Å². The summed E-state index contributed by atoms with van der Waals surface area (Å²) < 4.78 is 0. The molecule has 4 nitrogen and oxygen atoms in total. The first-order valence-electron chi connectivity index (χ1n) is 6.63. The number of para-hydroxylation sites is 1. The molecule has 1 aliphatic rings. The third-order valence-electron chi connectivity index (χ3n) is 3.49. The Morgan fingerprint density at radius 3 is 2.57 bits per heavy atom. The minimum atomic E-state index is -0.0997. The SMILES string of the molecule is CN1C(=O)C(=Nc2ccc(CC#N)cc2)c2ccccc21. The Labute approximate surface area is 123 Å². The molecular formula is C17H13N3O. The van der Waals surface area contributed by atoms with E-state index in [1.807, 2.05) is 48.5 Å². The number of anilines is 1. The molecule has 21 heavy (non-hydrogen) atoms. The van der Waals surface area contributed by atoms with Crippen molar-refractivity contribution in [3.63, 3.8) is 0 Å². The van der Waals surface area contributed by atoms with E-state index in [0.717, 1.165) is 16.8 Å². The van der Waals surface area contributed by atoms with E-state index >= 15 is 0 Å². The quantitative estimate of drug-likeness (QED) is 0.846. The van der Waals surface area contributed by atoms with E-state index in [-0.39, 0.29) is 5.91 Å². The van der Waals surface area contributed by atoms with Crippen molar-refractivity contribution in [1.29, 1.82) is 5.26 Å². The zero-order chi connectivity index (χ0) is 14.8. The third kappa shape index (κ3) is 2.30. The molecule has 0 atom stereocenters. The zero-order valence-corrected chi connectivity index (χ0v) is 11.6. The van der Waals surface area contributed by atoms with E-state index in [1.54, 1.807) is 11.9 Å². The number of hydrogen-bond donors (Lipinski definition) is 0. The fourth-order valence-electron chi connectivity index (χ4n) is 2.37. The highest BCUT2D eigenvalue weighted by Gasteiger charge is 2.30. The lowest BCUT2D eigenvalue weighted by Gasteiger charge is -2.07. The summed E-state index contributed by atoms with van der Waals surface area (Å²) in [6, 6.07) is 17.1. The fourth-order valence-corrected chi connectivity index (χ4v) is 2.37. The predicted octanol–water partition coefficient (Wildman–Crippen LogP) is 2.85. The summed E-state index contributed by atoms with van der Waals surface area (Å²) in [4.78, 5) is 18.4. The Hall–Kier alpha value is -2.93. The maximum absolute atomic E-state index is 12.3. The smallest absolute Gasteiger partial charge is 0.277 e. The van der Waals surface area contributed by atoms with Crippen LogP contribution in [-0.2, 0) is 11.2 Å². The van der Waals surface area contributed by atoms with Crippen LogP contribution in [0.4, 0.5) is 11.4 Å². The number of carbonyl (C=O) groups excluding carboxylic acids is 1. The largest absolute Gasteiger partial charge is 0.309 e. The minimum absolute atomic E-state index is 0.0997. The lowest BCUT2D eigenvalue weighted by Crippen LogP contribution is -2.25. The van der Waals surface area contributed by atoms with E-state index in [2.05, 4.69) is 11.1 Å². The van der Waals surface area contributed by atoms with Gasteiger partial charge in [0.1, 0.15) is 5.71 Å². The van der Waals surface area contributed by atoms with Gasteiger partial charge in [-0.2, -0.15) is 5.26 Å². The molecule has 0 saturated heterocycles. The number of likely N-dealkylation sites (N-methyl/N-ethyl adjacent to an activating group) is 1. The van der Waals surface area contributed by atoms with Crippen LogP contribution >= 0.6 is 0 Å². The zero-order valence-electron chi connectivity index (χ0n) is 11.6. The Balaban J connectivity index is 2.00. The Bertz CT molecular complexity index is 769. The summed E-state index contributed by atoms with van der Waals surface area (Å²) in [5, 5.41) is 8.66. The number of hydrogen-bond acceptors (Lipinski definition) is 3. The van der Waals surface area contributed by atoms with Gasteiger partial charge in [-0.25, -0.2) is 4.99 Å². The van der Waals surface area contributed by atoms with Gasteiger partial charge in [0, 0.05) is 12.6 Å². The second kappa shape index (κ2) is 5.22. The number of fused-ring (bicyclic) bond motifs is 1. The highest BCUT2D eigenvalue weighted by Crippen LogP contribution is 2.29. The Morgan fingerprint density at radius 2 is 1.86 bits per heavy atom. The fraction of sp³-hybridized carbons (Fsp3) is 0.118. The van der Waals surface area contributed by atoms with E-state index in [1.165, 1.54) is 0 Å². The molecule has 0 unspecified atom stereocenters. The molecule has 2 aromatic rings. The van der Waals surface area contributed by atoms with Crippen LogP contribution in [0.3, 0.4) is 0 Å². The summed E-state index contributed by atoms with van der Waals surface area (Å²) >= 11 is 0. The lowest BCUT2D eigenvalue weighted by molar-refractivity contribution is -0.111. The van der Waals surface area contributed by atoms with Crippen LogP contribution in [0, 0.1) is 11.3 Å². The Kier molecular flexibility index (Phi) is 3.25. The molecule has 102 valence electrons. The first kappa shape index (κ1) is 13.1. The number of benzene rings is 2. The lowest BCUT2D eigenvalue weighted by atomic mass is 10.1. The average molecular weight is 275 g/mol. The molecule has 1 aliphatic heterocycles. The van der Waals surface area contributed by atoms with Crippen molar-refractivity contribution in [3.8, 4) is 6.07 Å². The second-order valence-corrected chi connectivity index (χ2v) is 4.84. The van der Waals surface area contributed by atoms with Gasteiger partial charge >= 0.3 is 0 Å². The highest BCUT2D eigenvalue weighted by molar-refractivity contribution is 6.54. The monoisotopic (exact) mass is 275 g/mol. The van der Waals surface area contributed by atoms with Crippen LogP contribution in [0.25, 0.3) is 0 Å². The molecule has 1 amide bonds. The van der Waals surface area contributed by atoms with Crippen molar-refractivity contribution < 1.29 is 4.79 Å². The topological polar surface area (TPSA) is 56.5 Å². The van der Waals surface area contributed by atoms with Gasteiger partial charge in [-0.1, -0.05) is 30.3 Å². The summed E-state index contributed by atoms with van der Waals surface area (Å²) in [5.74, 6) is -0.0997. The van der Waals surface area contributed by atoms with Gasteiger partial charge < -0.3 is 4.90 Å². The van der Waals surface area contributed by atoms with Crippen LogP contribution in [0.5, 0.6) is 0 Å². The number of aliphatic imine (C=N–C) groups is 1. The van der Waals surface area contributed by atoms with Crippen molar-refractivity contribution in [2.24, 2.45) is 4.99 Å². The van der Waals surface area contributed by atoms with Crippen LogP contribution in [0.15, 0.2) is 53.5 Å². The molecule has 4 heteroatoms. The van der Waals surface area contributed by atoms with Crippen molar-refractivity contribution in [2.45, 2.75) is 6.42 Å². The van der Waals surface area contributed by atoms with E-state index in [0.29, 0.717) is 17.8 Å². The second-order valence-electron chi connectivity index (χ2n) is 4.84. The van der Waals surface area contributed by atoms with Gasteiger partial charge in [0.15, 0.2) is 0 Å². The number of nitrogens with zero attached hydrogens (tertiary/aromatic N) is 3.